The van der Waals surface area contributed by atoms with Crippen LogP contribution in [0.1, 0.15) is 149 Å². The number of benzene rings is 1. The first-order valence-electron chi connectivity index (χ1n) is 43.2. The number of nitrogens with two attached hydrogens (primary N) is 2. The lowest BCUT2D eigenvalue weighted by atomic mass is 10.2. The minimum Gasteiger partial charge on any atom is -0.481 e. The first-order valence-corrected chi connectivity index (χ1v) is 43.2. The molecule has 1 aromatic carbocycles. The molecule has 140 heavy (non-hydrogen) atoms. The Labute approximate surface area is 805 Å². The van der Waals surface area contributed by atoms with Gasteiger partial charge in [-0.3, -0.25) is 94.6 Å². The number of aliphatic carboxylic acids is 2. The molecule has 0 atom stereocenters. The number of amides is 2. The van der Waals surface area contributed by atoms with Gasteiger partial charge in [-0.2, -0.15) is 0 Å². The van der Waals surface area contributed by atoms with Crippen molar-refractivity contribution in [1.29, 1.82) is 0 Å². The van der Waals surface area contributed by atoms with E-state index in [0.717, 1.165) is 130 Å². The summed E-state index contributed by atoms with van der Waals surface area (Å²) in [6.07, 6.45) is 35.2. The van der Waals surface area contributed by atoms with Gasteiger partial charge in [0.25, 0.3) is 0 Å². The van der Waals surface area contributed by atoms with Crippen LogP contribution in [0, 0.1) is 6.92 Å². The second-order valence-corrected chi connectivity index (χ2v) is 33.7. The van der Waals surface area contributed by atoms with E-state index in [4.69, 9.17) is 50.6 Å². The van der Waals surface area contributed by atoms with E-state index < -0.39 is 58.8 Å². The zero-order valence-electron chi connectivity index (χ0n) is 79.5. The van der Waals surface area contributed by atoms with Crippen molar-refractivity contribution in [2.75, 3.05) is 22.1 Å². The molecule has 720 valence electrons. The molecule has 37 nitrogen and oxygen atoms in total. The average molecular weight is 1900 g/mol. The van der Waals surface area contributed by atoms with Crippen LogP contribution in [0.5, 0.6) is 0 Å². The number of carboxylic acids is 2. The van der Waals surface area contributed by atoms with Crippen molar-refractivity contribution >= 4 is 161 Å². The lowest BCUT2D eigenvalue weighted by Gasteiger charge is -2.20. The molecule has 0 bridgehead atoms. The van der Waals surface area contributed by atoms with Gasteiger partial charge in [0.1, 0.15) is 39.4 Å². The smallest absolute Gasteiger partial charge is 0.481 e. The van der Waals surface area contributed by atoms with Gasteiger partial charge in [-0.25, -0.2) is 38.9 Å². The molecule has 0 spiro atoms. The maximum absolute atomic E-state index is 11.4. The van der Waals surface area contributed by atoms with E-state index in [2.05, 4.69) is 127 Å². The average Bonchev–Trinajstić information content (AvgIpc) is 1.62. The largest absolute Gasteiger partial charge is 0.519 e. The van der Waals surface area contributed by atoms with E-state index in [1.807, 2.05) is 107 Å². The first-order chi connectivity index (χ1) is 66.7. The Kier molecular flexibility index (Phi) is 40.8. The number of nitrogens with zero attached hydrogens (tertiary/aromatic N) is 17. The fourth-order valence-corrected chi connectivity index (χ4v) is 11.6. The lowest BCUT2D eigenvalue weighted by molar-refractivity contribution is -0.137. The summed E-state index contributed by atoms with van der Waals surface area (Å²) < 4.78 is 26.1. The second kappa shape index (κ2) is 53.2. The van der Waals surface area contributed by atoms with Crippen LogP contribution in [0.25, 0.3) is 82.5 Å². The van der Waals surface area contributed by atoms with Crippen LogP contribution in [0.2, 0.25) is 0 Å². The van der Waals surface area contributed by atoms with Crippen molar-refractivity contribution in [3.05, 3.63) is 321 Å². The summed E-state index contributed by atoms with van der Waals surface area (Å²) in [5.74, 6) is -0.729. The summed E-state index contributed by atoms with van der Waals surface area (Å²) in [6.45, 7) is 22.8. The van der Waals surface area contributed by atoms with Crippen molar-refractivity contribution in [2.45, 2.75) is 138 Å². The molecule has 0 fully saturated rings. The number of hydrogen-bond donors (Lipinski definition) is 6. The van der Waals surface area contributed by atoms with E-state index >= 15 is 0 Å². The van der Waals surface area contributed by atoms with Crippen LogP contribution in [0.15, 0.2) is 275 Å². The molecule has 0 unspecified atom stereocenters. The fraction of sp³-hybridized carbons (Fsp3) is 0.214. The quantitative estimate of drug-likeness (QED) is 0.0205. The van der Waals surface area contributed by atoms with E-state index in [9.17, 15) is 43.2 Å². The summed E-state index contributed by atoms with van der Waals surface area (Å²) in [4.78, 5) is 163. The van der Waals surface area contributed by atoms with Gasteiger partial charge in [-0.15, -0.1) is 0 Å². The lowest BCUT2D eigenvalue weighted by Crippen LogP contribution is -2.29. The molecule has 8 N–H and O–H groups in total. The number of fused-ring (bicyclic) bond motifs is 8. The highest BCUT2D eigenvalue weighted by atomic mass is 16.8. The summed E-state index contributed by atoms with van der Waals surface area (Å²) in [7, 11) is 2.07. The molecule has 0 aliphatic rings. The van der Waals surface area contributed by atoms with Crippen LogP contribution in [-0.4, -0.2) is 172 Å². The van der Waals surface area contributed by atoms with Gasteiger partial charge >= 0.3 is 36.4 Å². The molecule has 16 heterocycles. The highest BCUT2D eigenvalue weighted by molar-refractivity contribution is 6.02. The molecule has 37 heteroatoms. The topological polar surface area (TPSA) is 528 Å². The maximum atomic E-state index is 11.4. The Bertz CT molecular complexity index is 7030. The number of nitrogen functional groups attached to an aromatic ring is 2. The van der Waals surface area contributed by atoms with Crippen LogP contribution < -0.4 is 22.1 Å². The third-order valence-corrected chi connectivity index (χ3v) is 17.8. The molecule has 16 aromatic heterocycles. The van der Waals surface area contributed by atoms with E-state index in [0.29, 0.717) is 58.6 Å². The molecule has 17 rings (SSSR count). The van der Waals surface area contributed by atoms with Crippen molar-refractivity contribution in [3.8, 4) is 0 Å². The monoisotopic (exact) mass is 1890 g/mol. The predicted molar refractivity (Wildman–Crippen MR) is 534 cm³/mol. The molecular weight excluding hydrogens is 1790 g/mol. The molecule has 0 saturated heterocycles. The van der Waals surface area contributed by atoms with Gasteiger partial charge in [0, 0.05) is 210 Å². The number of carboxylic acid groups (broad SMARTS) is 2. The Morgan fingerprint density at radius 3 is 1.28 bits per heavy atom. The Balaban J connectivity index is 0.000000194. The maximum Gasteiger partial charge on any atom is 0.519 e. The molecule has 2 amide bonds. The summed E-state index contributed by atoms with van der Waals surface area (Å²) in [5.41, 5.74) is 22.8. The van der Waals surface area contributed by atoms with Gasteiger partial charge in [0.15, 0.2) is 18.9 Å². The third kappa shape index (κ3) is 38.9. The van der Waals surface area contributed by atoms with Crippen molar-refractivity contribution in [1.82, 2.24) is 84.3 Å². The van der Waals surface area contributed by atoms with Gasteiger partial charge in [0.2, 0.25) is 0 Å². The second-order valence-electron chi connectivity index (χ2n) is 33.7. The normalized spacial score (nSPS) is 10.7. The summed E-state index contributed by atoms with van der Waals surface area (Å²) in [6, 6.07) is 46.6. The predicted octanol–water partition coefficient (Wildman–Crippen LogP) is 19.3. The van der Waals surface area contributed by atoms with Gasteiger partial charge in [-0.05, 0) is 242 Å². The summed E-state index contributed by atoms with van der Waals surface area (Å²) >= 11 is 0. The van der Waals surface area contributed by atoms with E-state index in [1.54, 1.807) is 197 Å². The number of aldehydes is 3. The standard InChI is InChI=1S/C21H17N5.C11H14N2O3.C11H10N2O2.C11H8N2O2.C10H14N2O2.C10H18O5.C9H6N2O.C9H8N2.C6H6N2O.C5H6N2/c1-26-18-8-5-14-3-2-11-23-20(14)21(18)25-19(26)9-7-16-6-4-15-13-22-12-10-17(15)24-16;1-11(2,3)16-10(15)13-9-4-5-12-6-8(9)7-14;2*14-11(15)4-3-9-2-1-8-7-12-6-5-10(8)13-9;1-10(2,3)14-9(13)12-8-4-6-11-7-5-8;1-9(2,3)14-7(11)13-8(12)15-10(4,5)6;12-6-8-2-1-7-5-10-4-3-9(7)11-8;1-7-2-3-8-6-10-5-4-9(8)11-7;7-6-1-2-8-3-5(6)4-9;6-5-1-3-7-4-2-5/h2-6,8,10-13H,7,9H2,1H3;4-7H,1-3H3,(H,12,13,15);1-2,5-7H,3-4H2,(H,14,15);1-7H,(H,14,15);4-7H,1-3H3,(H,11,12,13);1-6H3;1-6H;2-6H,1H3;1-4H,(H2,7,8);1-4H,(H2,6,7)/b;;;4-3+;;;;;;. The minimum atomic E-state index is -1.06. The van der Waals surface area contributed by atoms with E-state index in [1.165, 1.54) is 30.7 Å². The van der Waals surface area contributed by atoms with Crippen molar-refractivity contribution in [3.63, 3.8) is 0 Å². The zero-order chi connectivity index (χ0) is 102. The number of carbonyl (C=O) groups excluding carboxylic acids is 7. The molecule has 0 aliphatic carbocycles. The first kappa shape index (κ1) is 107. The fourth-order valence-electron chi connectivity index (χ4n) is 11.6. The number of rotatable bonds is 13. The molecule has 17 aromatic rings. The van der Waals surface area contributed by atoms with Gasteiger partial charge < -0.3 is 49.9 Å². The van der Waals surface area contributed by atoms with Gasteiger partial charge in [-0.1, -0.05) is 12.1 Å². The number of aryl methyl sites for hydroxylation is 5. The molecule has 0 saturated carbocycles. The number of imidazole rings is 1. The number of aromatic nitrogens is 17. The third-order valence-electron chi connectivity index (χ3n) is 17.8. The zero-order valence-corrected chi connectivity index (χ0v) is 79.5. The van der Waals surface area contributed by atoms with Crippen LogP contribution in [0.4, 0.5) is 41.9 Å². The van der Waals surface area contributed by atoms with Crippen LogP contribution in [-0.2, 0) is 59.6 Å². The van der Waals surface area contributed by atoms with Crippen molar-refractivity contribution in [2.24, 2.45) is 7.05 Å². The number of pyridine rings is 15. The summed E-state index contributed by atoms with van der Waals surface area (Å²) in [5, 5.41) is 28.2. The van der Waals surface area contributed by atoms with E-state index in [-0.39, 0.29) is 6.42 Å². The van der Waals surface area contributed by atoms with Crippen LogP contribution >= 0.6 is 0 Å². The van der Waals surface area contributed by atoms with Crippen molar-refractivity contribution < 1.29 is 77.0 Å². The number of nitrogens with one attached hydrogen (secondary N) is 2. The van der Waals surface area contributed by atoms with Crippen LogP contribution in [0.3, 0.4) is 0 Å². The Morgan fingerprint density at radius 2 is 0.814 bits per heavy atom. The number of ether oxygens (including phenoxy) is 5. The number of carbonyl (C=O) groups is 9. The minimum absolute atomic E-state index is 0.115. The molecular formula is C103H107N21O16. The highest BCUT2D eigenvalue weighted by Gasteiger charge is 2.25. The van der Waals surface area contributed by atoms with Gasteiger partial charge in [0.05, 0.1) is 67.5 Å². The molecule has 0 aliphatic heterocycles. The number of hydrogen-bond acceptors (Lipinski definition) is 32. The Hall–Kier alpha value is -17.9. The highest BCUT2D eigenvalue weighted by Crippen LogP contribution is 2.26. The SMILES string of the molecule is CC(C)(C)OC(=O)Nc1ccncc1.CC(C)(C)OC(=O)Nc1ccncc1C=O.CC(C)(C)OC(=O)OC(=O)OC(C)(C)C.Cc1ccc2cnccc2n1.Cn1c(CCc2ccc3cnccc3n2)nc2c3ncccc3ccc21.Nc1ccncc1.Nc1ccncc1C=O.O=C(O)/C=C/c1ccc2cnccc2n1.O=C(O)CCc1ccc2cnccc2n1.O=Cc1ccc2cnccc2n1. The Morgan fingerprint density at radius 1 is 0.393 bits per heavy atom. The molecule has 0 radical (unpaired) electrons. The number of anilines is 4.